The molecule has 8 nitrogen and oxygen atoms in total. The van der Waals surface area contributed by atoms with Gasteiger partial charge in [-0.15, -0.1) is 21.5 Å². The van der Waals surface area contributed by atoms with Crippen molar-refractivity contribution in [2.45, 2.75) is 43.8 Å². The Hall–Kier alpha value is -2.90. The fourth-order valence-corrected chi connectivity index (χ4v) is 7.05. The van der Waals surface area contributed by atoms with E-state index in [0.717, 1.165) is 53.6 Å². The van der Waals surface area contributed by atoms with Gasteiger partial charge in [-0.3, -0.25) is 9.36 Å². The second-order valence-electron chi connectivity index (χ2n) is 8.98. The topological polar surface area (TPSA) is 98.1 Å². The second kappa shape index (κ2) is 13.0. The van der Waals surface area contributed by atoms with E-state index in [1.54, 1.807) is 0 Å². The molecule has 5 rings (SSSR count). The van der Waals surface area contributed by atoms with Crippen LogP contribution in [-0.2, 0) is 28.9 Å². The van der Waals surface area contributed by atoms with Crippen LogP contribution in [0.3, 0.4) is 0 Å². The van der Waals surface area contributed by atoms with Crippen LogP contribution in [0.1, 0.15) is 45.9 Å². The van der Waals surface area contributed by atoms with Gasteiger partial charge in [-0.2, -0.15) is 0 Å². The minimum absolute atomic E-state index is 0.141. The summed E-state index contributed by atoms with van der Waals surface area (Å²) >= 11 is 5.26. The SMILES string of the molecule is COC(=O)c1c(NC(=O)CCSc2nnc(CNc3ccc(I)cc3)n2-c2ccccc2)sc2c1CCCC2. The first-order valence-corrected chi connectivity index (χ1v) is 15.6. The molecular weight excluding hydrogens is 645 g/mol. The lowest BCUT2D eigenvalue weighted by Gasteiger charge is -2.12. The van der Waals surface area contributed by atoms with Gasteiger partial charge in [0.15, 0.2) is 11.0 Å². The maximum Gasteiger partial charge on any atom is 0.341 e. The number of rotatable bonds is 10. The summed E-state index contributed by atoms with van der Waals surface area (Å²) in [6, 6.07) is 18.1. The Balaban J connectivity index is 1.26. The fraction of sp³-hybridized carbons (Fsp3) is 0.286. The average Bonchev–Trinajstić information content (AvgIpc) is 3.53. The number of carbonyl (C=O) groups excluding carboxylic acids is 2. The number of ether oxygens (including phenoxy) is 1. The molecule has 0 saturated heterocycles. The number of nitrogens with zero attached hydrogens (tertiary/aromatic N) is 3. The van der Waals surface area contributed by atoms with Crippen molar-refractivity contribution >= 4 is 68.3 Å². The summed E-state index contributed by atoms with van der Waals surface area (Å²) in [5.41, 5.74) is 3.52. The molecule has 0 aliphatic heterocycles. The lowest BCUT2D eigenvalue weighted by atomic mass is 9.95. The monoisotopic (exact) mass is 673 g/mol. The molecule has 0 bridgehead atoms. The van der Waals surface area contributed by atoms with Crippen molar-refractivity contribution in [3.05, 3.63) is 80.0 Å². The largest absolute Gasteiger partial charge is 0.465 e. The van der Waals surface area contributed by atoms with E-state index < -0.39 is 0 Å². The number of thioether (sulfide) groups is 1. The van der Waals surface area contributed by atoms with Crippen molar-refractivity contribution in [3.8, 4) is 5.69 Å². The number of halogens is 1. The quantitative estimate of drug-likeness (QED) is 0.115. The summed E-state index contributed by atoms with van der Waals surface area (Å²) < 4.78 is 8.21. The smallest absolute Gasteiger partial charge is 0.341 e. The Morgan fingerprint density at radius 1 is 1.08 bits per heavy atom. The van der Waals surface area contributed by atoms with E-state index in [1.165, 1.54) is 38.7 Å². The number of carbonyl (C=O) groups is 2. The fourth-order valence-electron chi connectivity index (χ4n) is 4.49. The van der Waals surface area contributed by atoms with Gasteiger partial charge in [-0.05, 0) is 90.2 Å². The molecule has 0 unspecified atom stereocenters. The number of hydrogen-bond acceptors (Lipinski definition) is 8. The third-order valence-electron chi connectivity index (χ3n) is 6.38. The van der Waals surface area contributed by atoms with Crippen molar-refractivity contribution in [2.24, 2.45) is 0 Å². The highest BCUT2D eigenvalue weighted by atomic mass is 127. The van der Waals surface area contributed by atoms with Crippen molar-refractivity contribution in [2.75, 3.05) is 23.5 Å². The molecule has 2 aromatic heterocycles. The minimum Gasteiger partial charge on any atom is -0.465 e. The van der Waals surface area contributed by atoms with Crippen molar-refractivity contribution in [3.63, 3.8) is 0 Å². The van der Waals surface area contributed by atoms with E-state index in [4.69, 9.17) is 4.74 Å². The van der Waals surface area contributed by atoms with Gasteiger partial charge in [0.05, 0.1) is 19.2 Å². The Morgan fingerprint density at radius 3 is 2.62 bits per heavy atom. The zero-order valence-corrected chi connectivity index (χ0v) is 25.2. The third-order valence-corrected chi connectivity index (χ3v) is 9.24. The highest BCUT2D eigenvalue weighted by molar-refractivity contribution is 14.1. The summed E-state index contributed by atoms with van der Waals surface area (Å²) in [6.07, 6.45) is 4.19. The summed E-state index contributed by atoms with van der Waals surface area (Å²) in [6.45, 7) is 0.503. The zero-order valence-electron chi connectivity index (χ0n) is 21.4. The molecule has 4 aromatic rings. The molecule has 0 fully saturated rings. The van der Waals surface area contributed by atoms with Crippen LogP contribution in [0.5, 0.6) is 0 Å². The van der Waals surface area contributed by atoms with Crippen LogP contribution in [0, 0.1) is 3.57 Å². The van der Waals surface area contributed by atoms with E-state index in [2.05, 4.69) is 55.6 Å². The summed E-state index contributed by atoms with van der Waals surface area (Å²) in [5.74, 6) is 0.762. The Kier molecular flexibility index (Phi) is 9.20. The van der Waals surface area contributed by atoms with E-state index >= 15 is 0 Å². The van der Waals surface area contributed by atoms with Gasteiger partial charge in [0.25, 0.3) is 0 Å². The standard InChI is InChI=1S/C28H28IN5O3S2/c1-37-27(36)25-21-9-5-6-10-22(21)39-26(25)31-24(35)15-16-38-28-33-32-23(34(28)20-7-3-2-4-8-20)17-30-19-13-11-18(29)12-14-19/h2-4,7-8,11-14,30H,5-6,9-10,15-17H2,1H3,(H,31,35). The number of aromatic nitrogens is 3. The number of anilines is 2. The number of thiophene rings is 1. The molecule has 1 aliphatic carbocycles. The van der Waals surface area contributed by atoms with Gasteiger partial charge in [-0.1, -0.05) is 30.0 Å². The third kappa shape index (κ3) is 6.64. The van der Waals surface area contributed by atoms with Crippen LogP contribution in [0.4, 0.5) is 10.7 Å². The molecule has 1 amide bonds. The van der Waals surface area contributed by atoms with Crippen LogP contribution in [0.25, 0.3) is 5.69 Å². The number of methoxy groups -OCH3 is 1. The van der Waals surface area contributed by atoms with Gasteiger partial charge >= 0.3 is 5.97 Å². The second-order valence-corrected chi connectivity index (χ2v) is 12.4. The van der Waals surface area contributed by atoms with Gasteiger partial charge in [-0.25, -0.2) is 4.79 Å². The van der Waals surface area contributed by atoms with Crippen molar-refractivity contribution in [1.29, 1.82) is 0 Å². The lowest BCUT2D eigenvalue weighted by molar-refractivity contribution is -0.115. The van der Waals surface area contributed by atoms with Crippen LogP contribution >= 0.6 is 45.7 Å². The molecule has 39 heavy (non-hydrogen) atoms. The molecule has 0 atom stereocenters. The molecular formula is C28H28IN5O3S2. The minimum atomic E-state index is -0.388. The maximum atomic E-state index is 12.9. The number of amides is 1. The maximum absolute atomic E-state index is 12.9. The number of para-hydroxylation sites is 1. The zero-order chi connectivity index (χ0) is 27.2. The molecule has 2 aromatic carbocycles. The van der Waals surface area contributed by atoms with Crippen molar-refractivity contribution in [1.82, 2.24) is 14.8 Å². The van der Waals surface area contributed by atoms with Crippen LogP contribution < -0.4 is 10.6 Å². The number of nitrogens with one attached hydrogen (secondary N) is 2. The number of aryl methyl sites for hydroxylation is 1. The van der Waals surface area contributed by atoms with Crippen LogP contribution in [0.15, 0.2) is 59.8 Å². The van der Waals surface area contributed by atoms with E-state index in [9.17, 15) is 9.59 Å². The van der Waals surface area contributed by atoms with Gasteiger partial charge in [0.2, 0.25) is 5.91 Å². The van der Waals surface area contributed by atoms with Gasteiger partial charge < -0.3 is 15.4 Å². The number of benzene rings is 2. The molecule has 0 radical (unpaired) electrons. The van der Waals surface area contributed by atoms with E-state index in [-0.39, 0.29) is 18.3 Å². The number of hydrogen-bond donors (Lipinski definition) is 2. The van der Waals surface area contributed by atoms with E-state index in [1.807, 2.05) is 47.0 Å². The molecule has 2 heterocycles. The summed E-state index contributed by atoms with van der Waals surface area (Å²) in [7, 11) is 1.38. The predicted molar refractivity (Wildman–Crippen MR) is 164 cm³/mol. The van der Waals surface area contributed by atoms with Gasteiger partial charge in [0, 0.05) is 32.0 Å². The summed E-state index contributed by atoms with van der Waals surface area (Å²) in [5, 5.41) is 16.6. The molecule has 2 N–H and O–H groups in total. The normalized spacial score (nSPS) is 12.6. The first-order valence-electron chi connectivity index (χ1n) is 12.7. The van der Waals surface area contributed by atoms with Gasteiger partial charge in [0.1, 0.15) is 5.00 Å². The molecule has 11 heteroatoms. The van der Waals surface area contributed by atoms with Crippen LogP contribution in [0.2, 0.25) is 0 Å². The Bertz CT molecular complexity index is 1450. The first-order chi connectivity index (χ1) is 19.0. The Morgan fingerprint density at radius 2 is 1.85 bits per heavy atom. The summed E-state index contributed by atoms with van der Waals surface area (Å²) in [4.78, 5) is 26.6. The predicted octanol–water partition coefficient (Wildman–Crippen LogP) is 6.33. The number of esters is 1. The molecule has 0 spiro atoms. The highest BCUT2D eigenvalue weighted by Gasteiger charge is 2.27. The first kappa shape index (κ1) is 27.7. The number of fused-ring (bicyclic) bond motifs is 1. The lowest BCUT2D eigenvalue weighted by Crippen LogP contribution is -2.15. The average molecular weight is 674 g/mol. The molecule has 1 aliphatic rings. The molecule has 0 saturated carbocycles. The van der Waals surface area contributed by atoms with Crippen LogP contribution in [-0.4, -0.2) is 39.5 Å². The molecule has 202 valence electrons. The van der Waals surface area contributed by atoms with Crippen molar-refractivity contribution < 1.29 is 14.3 Å². The Labute approximate surface area is 249 Å². The van der Waals surface area contributed by atoms with E-state index in [0.29, 0.717) is 22.9 Å². The highest BCUT2D eigenvalue weighted by Crippen LogP contribution is 2.38.